The number of benzene rings is 1. The molecule has 2 aromatic rings. The van der Waals surface area contributed by atoms with Crippen molar-refractivity contribution in [2.45, 2.75) is 26.4 Å². The average Bonchev–Trinajstić information content (AvgIpc) is 2.82. The van der Waals surface area contributed by atoms with Gasteiger partial charge in [-0.2, -0.15) is 0 Å². The van der Waals surface area contributed by atoms with Gasteiger partial charge >= 0.3 is 0 Å². The maximum atomic E-state index is 5.18. The number of aryl methyl sites for hydroxylation is 1. The van der Waals surface area contributed by atoms with E-state index in [4.69, 9.17) is 4.52 Å². The molecule has 0 radical (unpaired) electrons. The average molecular weight is 259 g/mol. The first-order valence-electron chi connectivity index (χ1n) is 6.49. The van der Waals surface area contributed by atoms with Gasteiger partial charge in [-0.1, -0.05) is 17.3 Å². The second kappa shape index (κ2) is 5.89. The minimum absolute atomic E-state index is 0.279. The predicted molar refractivity (Wildman–Crippen MR) is 77.3 cm³/mol. The number of nitrogens with one attached hydrogen (secondary N) is 1. The first-order chi connectivity index (χ1) is 9.06. The van der Waals surface area contributed by atoms with Crippen LogP contribution in [-0.2, 0) is 6.54 Å². The van der Waals surface area contributed by atoms with E-state index in [0.717, 1.165) is 11.5 Å². The SMILES string of the molecule is Cc1cc(CNC(C)c2ccc(N(C)C)cc2)on1. The van der Waals surface area contributed by atoms with Crippen LogP contribution in [0.1, 0.15) is 30.0 Å². The first kappa shape index (κ1) is 13.6. The molecule has 1 atom stereocenters. The Hall–Kier alpha value is -1.81. The highest BCUT2D eigenvalue weighted by molar-refractivity contribution is 5.46. The molecule has 0 saturated heterocycles. The predicted octanol–water partition coefficient (Wildman–Crippen LogP) is 2.90. The molecule has 1 N–H and O–H groups in total. The van der Waals surface area contributed by atoms with E-state index >= 15 is 0 Å². The van der Waals surface area contributed by atoms with Gasteiger partial charge in [-0.05, 0) is 31.5 Å². The van der Waals surface area contributed by atoms with E-state index in [1.165, 1.54) is 11.3 Å². The highest BCUT2D eigenvalue weighted by Gasteiger charge is 2.07. The standard InChI is InChI=1S/C15H21N3O/c1-11-9-15(19-17-11)10-16-12(2)13-5-7-14(8-6-13)18(3)4/h5-9,12,16H,10H2,1-4H3. The Kier molecular flexibility index (Phi) is 4.22. The van der Waals surface area contributed by atoms with Crippen LogP contribution in [0.4, 0.5) is 5.69 Å². The third-order valence-corrected chi connectivity index (χ3v) is 3.17. The zero-order valence-electron chi connectivity index (χ0n) is 12.0. The van der Waals surface area contributed by atoms with Crippen molar-refractivity contribution >= 4 is 5.69 Å². The molecule has 4 heteroatoms. The summed E-state index contributed by atoms with van der Waals surface area (Å²) in [5, 5.41) is 7.31. The lowest BCUT2D eigenvalue weighted by atomic mass is 10.1. The van der Waals surface area contributed by atoms with Crippen LogP contribution in [0.25, 0.3) is 0 Å². The van der Waals surface area contributed by atoms with Crippen LogP contribution in [0.3, 0.4) is 0 Å². The van der Waals surface area contributed by atoms with Gasteiger partial charge in [-0.15, -0.1) is 0 Å². The summed E-state index contributed by atoms with van der Waals surface area (Å²) in [4.78, 5) is 2.10. The van der Waals surface area contributed by atoms with Crippen LogP contribution < -0.4 is 10.2 Å². The zero-order chi connectivity index (χ0) is 13.8. The molecule has 0 aliphatic rings. The van der Waals surface area contributed by atoms with Crippen molar-refractivity contribution < 1.29 is 4.52 Å². The summed E-state index contributed by atoms with van der Waals surface area (Å²) in [6.45, 7) is 4.77. The summed E-state index contributed by atoms with van der Waals surface area (Å²) in [6, 6.07) is 10.8. The molecule has 1 heterocycles. The Morgan fingerprint density at radius 2 is 1.95 bits per heavy atom. The lowest BCUT2D eigenvalue weighted by Gasteiger charge is -2.16. The molecule has 0 spiro atoms. The molecule has 4 nitrogen and oxygen atoms in total. The van der Waals surface area contributed by atoms with Gasteiger partial charge in [0.05, 0.1) is 12.2 Å². The largest absolute Gasteiger partial charge is 0.378 e. The number of rotatable bonds is 5. The molecule has 0 aliphatic carbocycles. The van der Waals surface area contributed by atoms with E-state index in [-0.39, 0.29) is 6.04 Å². The molecule has 1 aromatic heterocycles. The van der Waals surface area contributed by atoms with E-state index in [0.29, 0.717) is 6.54 Å². The molecule has 0 amide bonds. The van der Waals surface area contributed by atoms with Gasteiger partial charge in [-0.25, -0.2) is 0 Å². The minimum atomic E-state index is 0.279. The van der Waals surface area contributed by atoms with Gasteiger partial charge in [0, 0.05) is 31.9 Å². The fourth-order valence-corrected chi connectivity index (χ4v) is 1.93. The molecule has 0 saturated carbocycles. The Morgan fingerprint density at radius 1 is 1.26 bits per heavy atom. The van der Waals surface area contributed by atoms with Crippen LogP contribution >= 0.6 is 0 Å². The summed E-state index contributed by atoms with van der Waals surface area (Å²) in [5.74, 6) is 0.870. The van der Waals surface area contributed by atoms with Crippen LogP contribution in [0.15, 0.2) is 34.9 Å². The van der Waals surface area contributed by atoms with E-state index in [1.54, 1.807) is 0 Å². The summed E-state index contributed by atoms with van der Waals surface area (Å²) in [5.41, 5.74) is 3.39. The Bertz CT molecular complexity index is 516. The minimum Gasteiger partial charge on any atom is -0.378 e. The van der Waals surface area contributed by atoms with Gasteiger partial charge in [-0.3, -0.25) is 0 Å². The highest BCUT2D eigenvalue weighted by Crippen LogP contribution is 2.18. The van der Waals surface area contributed by atoms with Crippen molar-refractivity contribution in [3.8, 4) is 0 Å². The van der Waals surface area contributed by atoms with Gasteiger partial charge < -0.3 is 14.7 Å². The van der Waals surface area contributed by atoms with E-state index in [2.05, 4.69) is 46.6 Å². The molecule has 1 unspecified atom stereocenters. The van der Waals surface area contributed by atoms with Crippen molar-refractivity contribution in [2.75, 3.05) is 19.0 Å². The topological polar surface area (TPSA) is 41.3 Å². The molecular formula is C15H21N3O. The van der Waals surface area contributed by atoms with Crippen molar-refractivity contribution in [1.82, 2.24) is 10.5 Å². The third kappa shape index (κ3) is 3.58. The number of hydrogen-bond acceptors (Lipinski definition) is 4. The van der Waals surface area contributed by atoms with Crippen molar-refractivity contribution in [2.24, 2.45) is 0 Å². The molecule has 19 heavy (non-hydrogen) atoms. The van der Waals surface area contributed by atoms with Gasteiger partial charge in [0.25, 0.3) is 0 Å². The smallest absolute Gasteiger partial charge is 0.150 e. The summed E-state index contributed by atoms with van der Waals surface area (Å²) >= 11 is 0. The molecule has 2 rings (SSSR count). The van der Waals surface area contributed by atoms with E-state index in [9.17, 15) is 0 Å². The van der Waals surface area contributed by atoms with E-state index in [1.807, 2.05) is 27.1 Å². The van der Waals surface area contributed by atoms with Crippen LogP contribution in [0.2, 0.25) is 0 Å². The fourth-order valence-electron chi connectivity index (χ4n) is 1.93. The van der Waals surface area contributed by atoms with Gasteiger partial charge in [0.15, 0.2) is 5.76 Å². The van der Waals surface area contributed by atoms with Crippen LogP contribution in [-0.4, -0.2) is 19.3 Å². The highest BCUT2D eigenvalue weighted by atomic mass is 16.5. The van der Waals surface area contributed by atoms with E-state index < -0.39 is 0 Å². The van der Waals surface area contributed by atoms with Gasteiger partial charge in [0.1, 0.15) is 0 Å². The number of aromatic nitrogens is 1. The molecule has 0 aliphatic heterocycles. The number of anilines is 1. The lowest BCUT2D eigenvalue weighted by Crippen LogP contribution is -2.18. The van der Waals surface area contributed by atoms with Crippen LogP contribution in [0, 0.1) is 6.92 Å². The number of hydrogen-bond donors (Lipinski definition) is 1. The monoisotopic (exact) mass is 259 g/mol. The van der Waals surface area contributed by atoms with Crippen LogP contribution in [0.5, 0.6) is 0 Å². The van der Waals surface area contributed by atoms with Crippen molar-refractivity contribution in [1.29, 1.82) is 0 Å². The molecule has 0 fully saturated rings. The zero-order valence-corrected chi connectivity index (χ0v) is 12.0. The molecule has 102 valence electrons. The molecule has 1 aromatic carbocycles. The second-order valence-electron chi connectivity index (χ2n) is 5.02. The fraction of sp³-hybridized carbons (Fsp3) is 0.400. The first-order valence-corrected chi connectivity index (χ1v) is 6.49. The lowest BCUT2D eigenvalue weighted by molar-refractivity contribution is 0.363. The second-order valence-corrected chi connectivity index (χ2v) is 5.02. The van der Waals surface area contributed by atoms with Crippen molar-refractivity contribution in [3.63, 3.8) is 0 Å². The summed E-state index contributed by atoms with van der Waals surface area (Å²) < 4.78 is 5.18. The maximum Gasteiger partial charge on any atom is 0.150 e. The third-order valence-electron chi connectivity index (χ3n) is 3.17. The van der Waals surface area contributed by atoms with Gasteiger partial charge in [0.2, 0.25) is 0 Å². The normalized spacial score (nSPS) is 12.4. The molecule has 0 bridgehead atoms. The summed E-state index contributed by atoms with van der Waals surface area (Å²) in [6.07, 6.45) is 0. The maximum absolute atomic E-state index is 5.18. The Labute approximate surface area is 114 Å². The quantitative estimate of drug-likeness (QED) is 0.896. The Morgan fingerprint density at radius 3 is 2.47 bits per heavy atom. The molecular weight excluding hydrogens is 238 g/mol. The summed E-state index contributed by atoms with van der Waals surface area (Å²) in [7, 11) is 4.09. The number of nitrogens with zero attached hydrogens (tertiary/aromatic N) is 2. The Balaban J connectivity index is 1.94. The van der Waals surface area contributed by atoms with Crippen molar-refractivity contribution in [3.05, 3.63) is 47.3 Å².